The van der Waals surface area contributed by atoms with E-state index in [2.05, 4.69) is 10.6 Å². The zero-order valence-electron chi connectivity index (χ0n) is 12.6. The molecular formula is C15H21ClN2O4. The molecule has 1 heterocycles. The van der Waals surface area contributed by atoms with Crippen LogP contribution in [0.3, 0.4) is 0 Å². The highest BCUT2D eigenvalue weighted by Crippen LogP contribution is 2.33. The molecule has 1 saturated heterocycles. The van der Waals surface area contributed by atoms with Gasteiger partial charge in [-0.15, -0.1) is 0 Å². The van der Waals surface area contributed by atoms with Crippen molar-refractivity contribution in [2.75, 3.05) is 44.8 Å². The molecule has 1 unspecified atom stereocenters. The van der Waals surface area contributed by atoms with Gasteiger partial charge in [0.25, 0.3) is 5.91 Å². The molecule has 0 saturated carbocycles. The van der Waals surface area contributed by atoms with Crippen LogP contribution in [0.4, 0.5) is 5.69 Å². The fourth-order valence-electron chi connectivity index (χ4n) is 2.05. The molecule has 1 amide bonds. The van der Waals surface area contributed by atoms with Crippen LogP contribution < -0.4 is 15.4 Å². The molecule has 0 aromatic heterocycles. The van der Waals surface area contributed by atoms with E-state index in [1.54, 1.807) is 18.2 Å². The van der Waals surface area contributed by atoms with Crippen molar-refractivity contribution in [3.63, 3.8) is 0 Å². The number of carbonyl (C=O) groups excluding carboxylic acids is 1. The van der Waals surface area contributed by atoms with E-state index in [9.17, 15) is 4.79 Å². The van der Waals surface area contributed by atoms with Gasteiger partial charge in [-0.1, -0.05) is 17.7 Å². The van der Waals surface area contributed by atoms with E-state index in [0.29, 0.717) is 49.4 Å². The third-order valence-corrected chi connectivity index (χ3v) is 3.42. The summed E-state index contributed by atoms with van der Waals surface area (Å²) in [5.41, 5.74) is 0.531. The quantitative estimate of drug-likeness (QED) is 0.745. The molecule has 122 valence electrons. The predicted octanol–water partition coefficient (Wildman–Crippen LogP) is 1.68. The monoisotopic (exact) mass is 328 g/mol. The van der Waals surface area contributed by atoms with Gasteiger partial charge in [0.1, 0.15) is 12.7 Å². The molecule has 22 heavy (non-hydrogen) atoms. The Hall–Kier alpha value is -1.34. The summed E-state index contributed by atoms with van der Waals surface area (Å²) in [5, 5.41) is 6.37. The number of anilines is 1. The average Bonchev–Trinajstić information content (AvgIpc) is 2.54. The van der Waals surface area contributed by atoms with Crippen LogP contribution in [0.15, 0.2) is 18.2 Å². The maximum atomic E-state index is 12.2. The van der Waals surface area contributed by atoms with E-state index in [1.807, 2.05) is 6.92 Å². The Morgan fingerprint density at radius 2 is 2.36 bits per heavy atom. The Kier molecular flexibility index (Phi) is 6.92. The number of para-hydroxylation sites is 1. The van der Waals surface area contributed by atoms with Gasteiger partial charge in [-0.2, -0.15) is 0 Å². The van der Waals surface area contributed by atoms with Gasteiger partial charge >= 0.3 is 0 Å². The molecular weight excluding hydrogens is 308 g/mol. The van der Waals surface area contributed by atoms with Gasteiger partial charge in [-0.05, 0) is 19.1 Å². The topological polar surface area (TPSA) is 68.8 Å². The van der Waals surface area contributed by atoms with Gasteiger partial charge in [-0.3, -0.25) is 4.79 Å². The Balaban J connectivity index is 1.99. The molecule has 1 aliphatic rings. The van der Waals surface area contributed by atoms with Crippen molar-refractivity contribution in [2.45, 2.75) is 13.0 Å². The number of hydrogen-bond donors (Lipinski definition) is 2. The zero-order chi connectivity index (χ0) is 15.8. The van der Waals surface area contributed by atoms with Crippen molar-refractivity contribution in [3.8, 4) is 5.75 Å². The molecule has 1 aliphatic heterocycles. The van der Waals surface area contributed by atoms with Crippen LogP contribution in [0.25, 0.3) is 0 Å². The molecule has 6 nitrogen and oxygen atoms in total. The lowest BCUT2D eigenvalue weighted by Gasteiger charge is -2.23. The average molecular weight is 329 g/mol. The normalized spacial score (nSPS) is 18.0. The van der Waals surface area contributed by atoms with Crippen LogP contribution >= 0.6 is 11.6 Å². The lowest BCUT2D eigenvalue weighted by molar-refractivity contribution is -0.128. The van der Waals surface area contributed by atoms with Crippen molar-refractivity contribution in [2.24, 2.45) is 0 Å². The largest absolute Gasteiger partial charge is 0.487 e. The van der Waals surface area contributed by atoms with Crippen molar-refractivity contribution >= 4 is 23.2 Å². The Bertz CT molecular complexity index is 492. The summed E-state index contributed by atoms with van der Waals surface area (Å²) >= 11 is 6.15. The number of hydrogen-bond acceptors (Lipinski definition) is 5. The van der Waals surface area contributed by atoms with Crippen molar-refractivity contribution < 1.29 is 19.0 Å². The SMILES string of the molecule is CCOCCOc1c(Cl)cccc1NC(=O)C1CNCCO1. The predicted molar refractivity (Wildman–Crippen MR) is 84.7 cm³/mol. The Labute approximate surface area is 135 Å². The number of carbonyl (C=O) groups is 1. The van der Waals surface area contributed by atoms with Crippen molar-refractivity contribution in [1.29, 1.82) is 0 Å². The first kappa shape index (κ1) is 17.0. The summed E-state index contributed by atoms with van der Waals surface area (Å²) in [7, 11) is 0. The van der Waals surface area contributed by atoms with Crippen molar-refractivity contribution in [1.82, 2.24) is 5.32 Å². The minimum atomic E-state index is -0.510. The summed E-state index contributed by atoms with van der Waals surface area (Å²) in [6, 6.07) is 5.22. The standard InChI is InChI=1S/C15H21ClN2O4/c1-2-20-8-9-22-14-11(16)4-3-5-12(14)18-15(19)13-10-17-6-7-21-13/h3-5,13,17H,2,6-10H2,1H3,(H,18,19). The second-order valence-corrected chi connectivity index (χ2v) is 5.12. The Morgan fingerprint density at radius 1 is 1.50 bits per heavy atom. The molecule has 0 bridgehead atoms. The van der Waals surface area contributed by atoms with Gasteiger partial charge in [0.2, 0.25) is 0 Å². The van der Waals surface area contributed by atoms with E-state index in [-0.39, 0.29) is 5.91 Å². The molecule has 0 radical (unpaired) electrons. The fraction of sp³-hybridized carbons (Fsp3) is 0.533. The highest BCUT2D eigenvalue weighted by atomic mass is 35.5. The van der Waals surface area contributed by atoms with E-state index < -0.39 is 6.10 Å². The number of rotatable bonds is 7. The van der Waals surface area contributed by atoms with Gasteiger partial charge in [0, 0.05) is 19.7 Å². The molecule has 1 aromatic carbocycles. The fourth-order valence-corrected chi connectivity index (χ4v) is 2.28. The molecule has 1 aromatic rings. The number of amides is 1. The van der Waals surface area contributed by atoms with Crippen LogP contribution in [0.5, 0.6) is 5.75 Å². The smallest absolute Gasteiger partial charge is 0.254 e. The first-order valence-electron chi connectivity index (χ1n) is 7.34. The van der Waals surface area contributed by atoms with E-state index in [0.717, 1.165) is 6.54 Å². The highest BCUT2D eigenvalue weighted by Gasteiger charge is 2.23. The van der Waals surface area contributed by atoms with Crippen LogP contribution in [0.1, 0.15) is 6.92 Å². The molecule has 2 rings (SSSR count). The van der Waals surface area contributed by atoms with Gasteiger partial charge in [0.05, 0.1) is 23.9 Å². The maximum absolute atomic E-state index is 12.2. The van der Waals surface area contributed by atoms with Crippen LogP contribution in [0.2, 0.25) is 5.02 Å². The van der Waals surface area contributed by atoms with Crippen LogP contribution in [-0.4, -0.2) is 51.5 Å². The number of benzene rings is 1. The summed E-state index contributed by atoms with van der Waals surface area (Å²) < 4.78 is 16.3. The molecule has 1 fully saturated rings. The number of morpholine rings is 1. The second-order valence-electron chi connectivity index (χ2n) is 4.71. The summed E-state index contributed by atoms with van der Waals surface area (Å²) in [5.74, 6) is 0.227. The minimum Gasteiger partial charge on any atom is -0.487 e. The van der Waals surface area contributed by atoms with E-state index in [4.69, 9.17) is 25.8 Å². The zero-order valence-corrected chi connectivity index (χ0v) is 13.3. The van der Waals surface area contributed by atoms with E-state index in [1.165, 1.54) is 0 Å². The lowest BCUT2D eigenvalue weighted by Crippen LogP contribution is -2.45. The molecule has 7 heteroatoms. The van der Waals surface area contributed by atoms with E-state index >= 15 is 0 Å². The third-order valence-electron chi connectivity index (χ3n) is 3.12. The maximum Gasteiger partial charge on any atom is 0.254 e. The van der Waals surface area contributed by atoms with Gasteiger partial charge < -0.3 is 24.8 Å². The molecule has 0 spiro atoms. The Morgan fingerprint density at radius 3 is 3.09 bits per heavy atom. The van der Waals surface area contributed by atoms with Gasteiger partial charge in [0.15, 0.2) is 5.75 Å². The third kappa shape index (κ3) is 4.84. The molecule has 0 aliphatic carbocycles. The van der Waals surface area contributed by atoms with Crippen LogP contribution in [-0.2, 0) is 14.3 Å². The molecule has 2 N–H and O–H groups in total. The number of ether oxygens (including phenoxy) is 3. The lowest BCUT2D eigenvalue weighted by atomic mass is 10.2. The van der Waals surface area contributed by atoms with Crippen LogP contribution in [0, 0.1) is 0 Å². The first-order chi connectivity index (χ1) is 10.7. The minimum absolute atomic E-state index is 0.218. The van der Waals surface area contributed by atoms with Gasteiger partial charge in [-0.25, -0.2) is 0 Å². The summed E-state index contributed by atoms with van der Waals surface area (Å²) in [6.45, 7) is 5.14. The second kappa shape index (κ2) is 8.95. The highest BCUT2D eigenvalue weighted by molar-refractivity contribution is 6.32. The number of nitrogens with one attached hydrogen (secondary N) is 2. The first-order valence-corrected chi connectivity index (χ1v) is 7.72. The summed E-state index contributed by atoms with van der Waals surface area (Å²) in [4.78, 5) is 12.2. The molecule has 1 atom stereocenters. The number of halogens is 1. The van der Waals surface area contributed by atoms with Crippen molar-refractivity contribution in [3.05, 3.63) is 23.2 Å². The summed E-state index contributed by atoms with van der Waals surface area (Å²) in [6.07, 6.45) is -0.510.